The maximum atomic E-state index is 13.4. The van der Waals surface area contributed by atoms with Gasteiger partial charge >= 0.3 is 6.18 Å². The van der Waals surface area contributed by atoms with Crippen molar-refractivity contribution in [3.63, 3.8) is 0 Å². The molecule has 0 fully saturated rings. The summed E-state index contributed by atoms with van der Waals surface area (Å²) in [7, 11) is 0. The lowest BCUT2D eigenvalue weighted by molar-refractivity contribution is -0.137. The third-order valence-corrected chi connectivity index (χ3v) is 7.95. The van der Waals surface area contributed by atoms with E-state index in [1.54, 1.807) is 0 Å². The standard InChI is InChI=1S/C35H23F3O2/c36-35(37,38)24-16-14-21(15-17-24)30-26-13-7-6-12-25(26)29(20-8-2-1-3-9-20)31-32(30)34(40)28-19-23-11-5-4-10-22(23)18-27(28)33(31)39/h1-19,33-34,39-40H. The molecule has 0 aromatic heterocycles. The molecule has 0 bridgehead atoms. The molecule has 2 atom stereocenters. The van der Waals surface area contributed by atoms with Crippen molar-refractivity contribution in [3.8, 4) is 22.3 Å². The Morgan fingerprint density at radius 3 is 1.40 bits per heavy atom. The first kappa shape index (κ1) is 24.6. The van der Waals surface area contributed by atoms with Crippen LogP contribution >= 0.6 is 0 Å². The monoisotopic (exact) mass is 532 g/mol. The minimum absolute atomic E-state index is 0.507. The molecule has 0 spiro atoms. The van der Waals surface area contributed by atoms with Gasteiger partial charge in [-0.05, 0) is 79.2 Å². The molecule has 0 radical (unpaired) electrons. The van der Waals surface area contributed by atoms with E-state index < -0.39 is 23.9 Å². The van der Waals surface area contributed by atoms with E-state index in [1.807, 2.05) is 91.0 Å². The topological polar surface area (TPSA) is 40.5 Å². The largest absolute Gasteiger partial charge is 0.416 e. The van der Waals surface area contributed by atoms with Crippen molar-refractivity contribution in [2.45, 2.75) is 18.4 Å². The Kier molecular flexibility index (Phi) is 5.56. The highest BCUT2D eigenvalue weighted by molar-refractivity contribution is 6.09. The zero-order valence-corrected chi connectivity index (χ0v) is 21.2. The van der Waals surface area contributed by atoms with Crippen LogP contribution in [0.15, 0.2) is 115 Å². The molecule has 0 heterocycles. The molecule has 7 rings (SSSR count). The third-order valence-electron chi connectivity index (χ3n) is 7.95. The van der Waals surface area contributed by atoms with Crippen LogP contribution in [0.1, 0.15) is 40.0 Å². The van der Waals surface area contributed by atoms with Crippen molar-refractivity contribution < 1.29 is 23.4 Å². The van der Waals surface area contributed by atoms with Crippen LogP contribution < -0.4 is 0 Å². The highest BCUT2D eigenvalue weighted by atomic mass is 19.4. The van der Waals surface area contributed by atoms with Gasteiger partial charge in [0.1, 0.15) is 12.2 Å². The van der Waals surface area contributed by atoms with Gasteiger partial charge in [0, 0.05) is 11.1 Å². The zero-order chi connectivity index (χ0) is 27.6. The van der Waals surface area contributed by atoms with Crippen LogP contribution in [0.3, 0.4) is 0 Å². The summed E-state index contributed by atoms with van der Waals surface area (Å²) in [5.41, 5.74) is 4.36. The number of benzene rings is 6. The number of aliphatic hydroxyl groups excluding tert-OH is 2. The summed E-state index contributed by atoms with van der Waals surface area (Å²) in [6.45, 7) is 0. The first-order chi connectivity index (χ1) is 19.3. The minimum atomic E-state index is -4.47. The van der Waals surface area contributed by atoms with Crippen molar-refractivity contribution in [2.75, 3.05) is 0 Å². The fraction of sp³-hybridized carbons (Fsp3) is 0.0857. The fourth-order valence-electron chi connectivity index (χ4n) is 6.16. The van der Waals surface area contributed by atoms with E-state index >= 15 is 0 Å². The van der Waals surface area contributed by atoms with Gasteiger partial charge in [0.05, 0.1) is 5.56 Å². The fourth-order valence-corrected chi connectivity index (χ4v) is 6.16. The summed E-state index contributed by atoms with van der Waals surface area (Å²) in [4.78, 5) is 0. The van der Waals surface area contributed by atoms with Crippen LogP contribution in [0.5, 0.6) is 0 Å². The Bertz CT molecular complexity index is 1910. The molecule has 1 aliphatic rings. The first-order valence-corrected chi connectivity index (χ1v) is 13.0. The predicted octanol–water partition coefficient (Wildman–Crippen LogP) is 8.82. The van der Waals surface area contributed by atoms with Crippen LogP contribution in [0.4, 0.5) is 13.2 Å². The van der Waals surface area contributed by atoms with Crippen LogP contribution in [0, 0.1) is 0 Å². The van der Waals surface area contributed by atoms with Crippen LogP contribution in [0.2, 0.25) is 0 Å². The SMILES string of the molecule is OC1c2cc3ccccc3cc2C(O)c2c1c(-c1ccccc1)c1ccccc1c2-c1ccc(C(F)(F)F)cc1. The molecule has 5 heteroatoms. The zero-order valence-electron chi connectivity index (χ0n) is 21.2. The number of hydrogen-bond donors (Lipinski definition) is 2. The van der Waals surface area contributed by atoms with E-state index in [0.717, 1.165) is 44.8 Å². The summed E-state index contributed by atoms with van der Waals surface area (Å²) in [6.07, 6.45) is -6.64. The van der Waals surface area contributed by atoms with Crippen LogP contribution in [0.25, 0.3) is 43.8 Å². The lowest BCUT2D eigenvalue weighted by Gasteiger charge is -2.34. The predicted molar refractivity (Wildman–Crippen MR) is 152 cm³/mol. The Labute approximate surface area is 228 Å². The van der Waals surface area contributed by atoms with E-state index in [0.29, 0.717) is 33.4 Å². The number of hydrogen-bond acceptors (Lipinski definition) is 2. The van der Waals surface area contributed by atoms with E-state index in [9.17, 15) is 23.4 Å². The lowest BCUT2D eigenvalue weighted by Crippen LogP contribution is -2.20. The molecule has 2 nitrogen and oxygen atoms in total. The van der Waals surface area contributed by atoms with Crippen LogP contribution in [-0.2, 0) is 6.18 Å². The first-order valence-electron chi connectivity index (χ1n) is 13.0. The van der Waals surface area contributed by atoms with Crippen LogP contribution in [-0.4, -0.2) is 10.2 Å². The number of fused-ring (bicyclic) bond motifs is 4. The average molecular weight is 533 g/mol. The third kappa shape index (κ3) is 3.74. The Morgan fingerprint density at radius 1 is 0.500 bits per heavy atom. The molecule has 6 aromatic carbocycles. The molecule has 6 aromatic rings. The summed E-state index contributed by atoms with van der Waals surface area (Å²) in [6, 6.07) is 34.0. The summed E-state index contributed by atoms with van der Waals surface area (Å²) in [5, 5.41) is 27.6. The van der Waals surface area contributed by atoms with Gasteiger partial charge in [0.2, 0.25) is 0 Å². The minimum Gasteiger partial charge on any atom is -0.384 e. The molecule has 0 aliphatic heterocycles. The van der Waals surface area contributed by atoms with E-state index in [1.165, 1.54) is 12.1 Å². The van der Waals surface area contributed by atoms with Gasteiger partial charge in [0.25, 0.3) is 0 Å². The van der Waals surface area contributed by atoms with Gasteiger partial charge in [-0.2, -0.15) is 13.2 Å². The van der Waals surface area contributed by atoms with E-state index in [4.69, 9.17) is 0 Å². The molecule has 2 N–H and O–H groups in total. The molecular formula is C35H23F3O2. The quantitative estimate of drug-likeness (QED) is 0.234. The molecule has 0 saturated heterocycles. The second-order valence-electron chi connectivity index (χ2n) is 10.2. The Hall–Kier alpha value is -4.45. The second kappa shape index (κ2) is 9.05. The second-order valence-corrected chi connectivity index (χ2v) is 10.2. The van der Waals surface area contributed by atoms with Gasteiger partial charge in [-0.25, -0.2) is 0 Å². The van der Waals surface area contributed by atoms with Gasteiger partial charge in [0.15, 0.2) is 0 Å². The molecule has 1 aliphatic carbocycles. The maximum absolute atomic E-state index is 13.4. The molecule has 2 unspecified atom stereocenters. The van der Waals surface area contributed by atoms with Crippen molar-refractivity contribution in [2.24, 2.45) is 0 Å². The van der Waals surface area contributed by atoms with Gasteiger partial charge in [-0.3, -0.25) is 0 Å². The van der Waals surface area contributed by atoms with E-state index in [2.05, 4.69) is 0 Å². The van der Waals surface area contributed by atoms with E-state index in [-0.39, 0.29) is 0 Å². The van der Waals surface area contributed by atoms with Crippen molar-refractivity contribution in [1.82, 2.24) is 0 Å². The van der Waals surface area contributed by atoms with Gasteiger partial charge in [-0.1, -0.05) is 91.0 Å². The molecule has 0 amide bonds. The summed E-state index contributed by atoms with van der Waals surface area (Å²) in [5.74, 6) is 0. The number of rotatable bonds is 2. The molecular weight excluding hydrogens is 509 g/mol. The number of halogens is 3. The molecule has 0 saturated carbocycles. The smallest absolute Gasteiger partial charge is 0.384 e. The molecule has 196 valence electrons. The molecule has 40 heavy (non-hydrogen) atoms. The number of aliphatic hydroxyl groups is 2. The van der Waals surface area contributed by atoms with Crippen molar-refractivity contribution in [3.05, 3.63) is 143 Å². The summed E-state index contributed by atoms with van der Waals surface area (Å²) >= 11 is 0. The lowest BCUT2D eigenvalue weighted by atomic mass is 9.73. The normalized spacial score (nSPS) is 16.6. The summed E-state index contributed by atoms with van der Waals surface area (Å²) < 4.78 is 40.3. The van der Waals surface area contributed by atoms with Gasteiger partial charge in [-0.15, -0.1) is 0 Å². The average Bonchev–Trinajstić information content (AvgIpc) is 2.98. The van der Waals surface area contributed by atoms with Crippen molar-refractivity contribution >= 4 is 21.5 Å². The highest BCUT2D eigenvalue weighted by Gasteiger charge is 2.37. The maximum Gasteiger partial charge on any atom is 0.416 e. The Morgan fingerprint density at radius 2 is 0.925 bits per heavy atom. The Balaban J connectivity index is 1.61. The number of alkyl halides is 3. The van der Waals surface area contributed by atoms with Gasteiger partial charge < -0.3 is 10.2 Å². The highest BCUT2D eigenvalue weighted by Crippen LogP contribution is 2.53. The van der Waals surface area contributed by atoms with Crippen molar-refractivity contribution in [1.29, 1.82) is 0 Å².